The number of hydrogen-bond acceptors (Lipinski definition) is 8. The number of carbonyl (C=O) groups is 2. The van der Waals surface area contributed by atoms with E-state index in [-0.39, 0.29) is 29.0 Å². The summed E-state index contributed by atoms with van der Waals surface area (Å²) in [6, 6.07) is 11.0. The van der Waals surface area contributed by atoms with Gasteiger partial charge in [0, 0.05) is 57.1 Å². The minimum atomic E-state index is -2.17. The van der Waals surface area contributed by atoms with E-state index >= 15 is 4.39 Å². The highest BCUT2D eigenvalue weighted by molar-refractivity contribution is 6.74. The first-order valence-corrected chi connectivity index (χ1v) is 19.2. The van der Waals surface area contributed by atoms with Crippen LogP contribution in [-0.4, -0.2) is 66.8 Å². The van der Waals surface area contributed by atoms with Crippen molar-refractivity contribution in [2.24, 2.45) is 0 Å². The molecule has 2 aliphatic heterocycles. The number of anilines is 4. The Kier molecular flexibility index (Phi) is 9.45. The lowest BCUT2D eigenvalue weighted by Gasteiger charge is -2.37. The van der Waals surface area contributed by atoms with Gasteiger partial charge in [-0.2, -0.15) is 0 Å². The summed E-state index contributed by atoms with van der Waals surface area (Å²) in [5.41, 5.74) is 4.06. The first-order chi connectivity index (χ1) is 21.9. The van der Waals surface area contributed by atoms with E-state index in [1.54, 1.807) is 23.2 Å². The third kappa shape index (κ3) is 7.95. The molecule has 0 bridgehead atoms. The number of rotatable bonds is 6. The lowest BCUT2D eigenvalue weighted by atomic mass is 10.0. The van der Waals surface area contributed by atoms with Crippen molar-refractivity contribution in [1.29, 1.82) is 0 Å². The number of Topliss-reactive ketones (excluding diaryl/α,β-unsaturated/α-hetero) is 1. The van der Waals surface area contributed by atoms with E-state index in [0.29, 0.717) is 42.5 Å². The normalized spacial score (nSPS) is 15.7. The molecule has 0 unspecified atom stereocenters. The van der Waals surface area contributed by atoms with Gasteiger partial charge < -0.3 is 24.7 Å². The molecule has 2 aromatic carbocycles. The van der Waals surface area contributed by atoms with Gasteiger partial charge >= 0.3 is 6.09 Å². The maximum Gasteiger partial charge on any atom is 0.410 e. The van der Waals surface area contributed by atoms with Crippen LogP contribution in [0.2, 0.25) is 18.1 Å². The number of ketones is 1. The number of aromatic nitrogens is 1. The molecular weight excluding hydrogens is 614 g/mol. The van der Waals surface area contributed by atoms with Gasteiger partial charge in [-0.05, 0) is 80.7 Å². The number of nitrogens with one attached hydrogen (secondary N) is 2. The van der Waals surface area contributed by atoms with Crippen LogP contribution in [0.25, 0.3) is 0 Å². The quantitative estimate of drug-likeness (QED) is 0.255. The molecule has 47 heavy (non-hydrogen) atoms. The molecule has 9 nitrogen and oxygen atoms in total. The number of piperazine rings is 1. The average Bonchev–Trinajstić information content (AvgIpc) is 3.10. The van der Waals surface area contributed by atoms with Crippen LogP contribution < -0.4 is 15.1 Å². The fourth-order valence-electron chi connectivity index (χ4n) is 5.45. The molecule has 0 radical (unpaired) electrons. The van der Waals surface area contributed by atoms with Gasteiger partial charge in [-0.1, -0.05) is 32.9 Å². The second-order valence-corrected chi connectivity index (χ2v) is 19.9. The van der Waals surface area contributed by atoms with Crippen LogP contribution in [0.15, 0.2) is 42.6 Å². The van der Waals surface area contributed by atoms with Crippen LogP contribution in [0.4, 0.5) is 32.1 Å². The molecule has 3 aromatic rings. The van der Waals surface area contributed by atoms with Crippen LogP contribution in [0.1, 0.15) is 68.6 Å². The van der Waals surface area contributed by atoms with Gasteiger partial charge in [0.2, 0.25) is 8.32 Å². The highest BCUT2D eigenvalue weighted by Gasteiger charge is 2.39. The van der Waals surface area contributed by atoms with E-state index in [0.717, 1.165) is 35.5 Å². The molecule has 2 N–H and O–H groups in total. The van der Waals surface area contributed by atoms with Crippen LogP contribution in [-0.2, 0) is 17.7 Å². The minimum Gasteiger partial charge on any atom is -0.543 e. The molecule has 5 rings (SSSR count). The van der Waals surface area contributed by atoms with Crippen molar-refractivity contribution in [1.82, 2.24) is 14.8 Å². The number of aryl methyl sites for hydroxylation is 1. The summed E-state index contributed by atoms with van der Waals surface area (Å²) >= 11 is 0. The number of pyridine rings is 1. The van der Waals surface area contributed by atoms with E-state index in [9.17, 15) is 9.59 Å². The standard InChI is InChI=1S/C36H48FN5O4Si/c1-23-18-26(37)29(21-31(23)46-47(8,9)36(5,6)7)39-28-12-13-38-33-32(28)30(43)20-25-19-24(10-11-27(25)40-33)22-41-14-16-42(17-15-41)34(44)45-35(2,3)4/h10-13,18-19,21H,14-17,20,22H2,1-9H3,(H2,38,39,40). The van der Waals surface area contributed by atoms with Gasteiger partial charge in [0.15, 0.2) is 5.78 Å². The topological polar surface area (TPSA) is 96.0 Å². The molecule has 2 aliphatic rings. The lowest BCUT2D eigenvalue weighted by molar-refractivity contribution is 0.0139. The fraction of sp³-hybridized carbons (Fsp3) is 0.472. The predicted octanol–water partition coefficient (Wildman–Crippen LogP) is 8.19. The zero-order valence-electron chi connectivity index (χ0n) is 29.1. The molecule has 0 saturated carbocycles. The fourth-order valence-corrected chi connectivity index (χ4v) is 6.53. The van der Waals surface area contributed by atoms with Crippen LogP contribution in [0, 0.1) is 12.7 Å². The number of ether oxygens (including phenoxy) is 1. The zero-order chi connectivity index (χ0) is 34.3. The Balaban J connectivity index is 1.31. The maximum atomic E-state index is 15.3. The van der Waals surface area contributed by atoms with E-state index in [1.165, 1.54) is 6.07 Å². The van der Waals surface area contributed by atoms with Crippen molar-refractivity contribution < 1.29 is 23.1 Å². The van der Waals surface area contributed by atoms with Crippen LogP contribution >= 0.6 is 0 Å². The summed E-state index contributed by atoms with van der Waals surface area (Å²) in [6.45, 7) is 21.6. The van der Waals surface area contributed by atoms with Gasteiger partial charge in [0.05, 0.1) is 16.9 Å². The van der Waals surface area contributed by atoms with Gasteiger partial charge in [-0.15, -0.1) is 0 Å². The van der Waals surface area contributed by atoms with E-state index in [2.05, 4.69) is 66.5 Å². The van der Waals surface area contributed by atoms with Crippen molar-refractivity contribution in [3.05, 3.63) is 70.7 Å². The molecule has 0 aliphatic carbocycles. The third-order valence-electron chi connectivity index (χ3n) is 9.14. The first kappa shape index (κ1) is 34.4. The Morgan fingerprint density at radius 2 is 1.72 bits per heavy atom. The first-order valence-electron chi connectivity index (χ1n) is 16.3. The van der Waals surface area contributed by atoms with Gasteiger partial charge in [-0.25, -0.2) is 14.2 Å². The molecule has 1 fully saturated rings. The average molecular weight is 662 g/mol. The number of hydrogen-bond donors (Lipinski definition) is 2. The summed E-state index contributed by atoms with van der Waals surface area (Å²) < 4.78 is 27.4. The van der Waals surface area contributed by atoms with Crippen molar-refractivity contribution >= 4 is 43.1 Å². The molecule has 1 saturated heterocycles. The maximum absolute atomic E-state index is 15.3. The van der Waals surface area contributed by atoms with Crippen molar-refractivity contribution in [2.45, 2.75) is 85.2 Å². The molecule has 3 heterocycles. The number of benzene rings is 2. The Bertz CT molecular complexity index is 1670. The predicted molar refractivity (Wildman–Crippen MR) is 187 cm³/mol. The third-order valence-corrected chi connectivity index (χ3v) is 13.5. The molecular formula is C36H48FN5O4Si. The Hall–Kier alpha value is -3.96. The molecule has 252 valence electrons. The largest absolute Gasteiger partial charge is 0.543 e. The zero-order valence-corrected chi connectivity index (χ0v) is 30.1. The van der Waals surface area contributed by atoms with Gasteiger partial charge in [-0.3, -0.25) is 9.69 Å². The van der Waals surface area contributed by atoms with Gasteiger partial charge in [0.25, 0.3) is 0 Å². The number of halogens is 1. The summed E-state index contributed by atoms with van der Waals surface area (Å²) in [6.07, 6.45) is 1.50. The highest BCUT2D eigenvalue weighted by Crippen LogP contribution is 2.40. The van der Waals surface area contributed by atoms with E-state index < -0.39 is 19.7 Å². The highest BCUT2D eigenvalue weighted by atomic mass is 28.4. The van der Waals surface area contributed by atoms with Crippen molar-refractivity contribution in [3.63, 3.8) is 0 Å². The van der Waals surface area contributed by atoms with Crippen LogP contribution in [0.5, 0.6) is 5.75 Å². The Labute approximate surface area is 279 Å². The summed E-state index contributed by atoms with van der Waals surface area (Å²) in [5, 5.41) is 6.52. The van der Waals surface area contributed by atoms with Crippen molar-refractivity contribution in [3.8, 4) is 5.75 Å². The summed E-state index contributed by atoms with van der Waals surface area (Å²) in [4.78, 5) is 34.8. The second kappa shape index (κ2) is 12.9. The van der Waals surface area contributed by atoms with Gasteiger partial charge in [0.1, 0.15) is 23.0 Å². The van der Waals surface area contributed by atoms with E-state index in [1.807, 2.05) is 33.8 Å². The number of amides is 1. The number of carbonyl (C=O) groups excluding carboxylic acids is 2. The smallest absolute Gasteiger partial charge is 0.410 e. The van der Waals surface area contributed by atoms with Crippen LogP contribution in [0.3, 0.4) is 0 Å². The lowest BCUT2D eigenvalue weighted by Crippen LogP contribution is -2.49. The monoisotopic (exact) mass is 661 g/mol. The van der Waals surface area contributed by atoms with Crippen molar-refractivity contribution in [2.75, 3.05) is 36.8 Å². The van der Waals surface area contributed by atoms with E-state index in [4.69, 9.17) is 9.16 Å². The Morgan fingerprint density at radius 3 is 2.38 bits per heavy atom. The molecule has 1 aromatic heterocycles. The summed E-state index contributed by atoms with van der Waals surface area (Å²) in [7, 11) is -2.17. The number of nitrogens with zero attached hydrogens (tertiary/aromatic N) is 3. The molecule has 1 amide bonds. The number of fused-ring (bicyclic) bond motifs is 2. The summed E-state index contributed by atoms with van der Waals surface area (Å²) in [5.74, 6) is 0.520. The Morgan fingerprint density at radius 1 is 1.02 bits per heavy atom. The molecule has 0 atom stereocenters. The molecule has 11 heteroatoms. The molecule has 0 spiro atoms. The SMILES string of the molecule is Cc1cc(F)c(Nc2ccnc3c2C(=O)Cc2cc(CN4CCN(C(=O)OC(C)(C)C)CC4)ccc2N3)cc1O[Si](C)(C)C(C)(C)C. The second-order valence-electron chi connectivity index (χ2n) is 15.1. The minimum absolute atomic E-state index is 0.0203.